The molecule has 0 radical (unpaired) electrons. The van der Waals surface area contributed by atoms with E-state index >= 15 is 0 Å². The van der Waals surface area contributed by atoms with Crippen molar-refractivity contribution in [2.24, 2.45) is 21.5 Å². The van der Waals surface area contributed by atoms with Crippen LogP contribution in [0.15, 0.2) is 64.6 Å². The van der Waals surface area contributed by atoms with Crippen LogP contribution in [0.25, 0.3) is 0 Å². The highest BCUT2D eigenvalue weighted by Crippen LogP contribution is 2.39. The van der Waals surface area contributed by atoms with Crippen molar-refractivity contribution < 1.29 is 9.53 Å². The monoisotopic (exact) mass is 489 g/mol. The Morgan fingerprint density at radius 3 is 2.39 bits per heavy atom. The number of likely N-dealkylation sites (tertiary alicyclic amines) is 1. The molecule has 1 spiro atoms. The van der Waals surface area contributed by atoms with Crippen molar-refractivity contribution in [2.75, 3.05) is 23.3 Å². The Morgan fingerprint density at radius 1 is 1.00 bits per heavy atom. The first kappa shape index (κ1) is 24.0. The number of carbonyl (C=O) groups is 1. The van der Waals surface area contributed by atoms with Gasteiger partial charge in [-0.15, -0.1) is 0 Å². The van der Waals surface area contributed by atoms with Gasteiger partial charge in [0.1, 0.15) is 12.3 Å². The van der Waals surface area contributed by atoms with Gasteiger partial charge in [0.15, 0.2) is 0 Å². The van der Waals surface area contributed by atoms with Crippen LogP contribution in [0.3, 0.4) is 0 Å². The van der Waals surface area contributed by atoms with E-state index in [1.807, 2.05) is 35.2 Å². The Labute approximate surface area is 212 Å². The van der Waals surface area contributed by atoms with E-state index in [-0.39, 0.29) is 12.1 Å². The molecule has 9 nitrogen and oxygen atoms in total. The van der Waals surface area contributed by atoms with Crippen molar-refractivity contribution in [1.29, 1.82) is 0 Å². The second-order valence-electron chi connectivity index (χ2n) is 9.81. The summed E-state index contributed by atoms with van der Waals surface area (Å²) in [6.45, 7) is 1.65. The van der Waals surface area contributed by atoms with E-state index in [0.717, 1.165) is 55.5 Å². The van der Waals surface area contributed by atoms with E-state index < -0.39 is 5.66 Å². The van der Waals surface area contributed by atoms with E-state index in [0.29, 0.717) is 31.7 Å². The number of aliphatic imine (C=N–C) groups is 2. The first-order chi connectivity index (χ1) is 17.5. The summed E-state index contributed by atoms with van der Waals surface area (Å²) in [6.07, 6.45) is 6.71. The molecule has 2 aromatic carbocycles. The molecule has 1 saturated heterocycles. The summed E-state index contributed by atoms with van der Waals surface area (Å²) in [6, 6.07) is 18.3. The molecule has 36 heavy (non-hydrogen) atoms. The molecule has 190 valence electrons. The molecular weight excluding hydrogens is 454 g/mol. The molecule has 1 saturated carbocycles. The molecule has 2 aliphatic heterocycles. The first-order valence-corrected chi connectivity index (χ1v) is 12.8. The fourth-order valence-corrected chi connectivity index (χ4v) is 5.45. The van der Waals surface area contributed by atoms with Crippen molar-refractivity contribution in [3.63, 3.8) is 0 Å². The zero-order valence-electron chi connectivity index (χ0n) is 20.6. The van der Waals surface area contributed by atoms with Crippen LogP contribution in [0.5, 0.6) is 0 Å². The molecule has 5 rings (SSSR count). The summed E-state index contributed by atoms with van der Waals surface area (Å²) in [5.74, 6) is 0.663. The molecule has 1 amide bonds. The van der Waals surface area contributed by atoms with Crippen LogP contribution in [0.1, 0.15) is 50.5 Å². The highest BCUT2D eigenvalue weighted by Gasteiger charge is 2.42. The van der Waals surface area contributed by atoms with Gasteiger partial charge in [0, 0.05) is 30.5 Å². The second-order valence-corrected chi connectivity index (χ2v) is 9.81. The lowest BCUT2D eigenvalue weighted by Crippen LogP contribution is -2.58. The van der Waals surface area contributed by atoms with Gasteiger partial charge in [-0.1, -0.05) is 36.8 Å². The van der Waals surface area contributed by atoms with Crippen molar-refractivity contribution in [3.05, 3.63) is 60.2 Å². The van der Waals surface area contributed by atoms with E-state index in [9.17, 15) is 4.79 Å². The molecular formula is C27H35N7O2. The third-order valence-corrected chi connectivity index (χ3v) is 7.31. The minimum atomic E-state index is -0.439. The number of hydrogen-bond donors (Lipinski definition) is 3. The third-order valence-electron chi connectivity index (χ3n) is 7.31. The Morgan fingerprint density at radius 2 is 1.69 bits per heavy atom. The number of ether oxygens (including phenoxy) is 1. The van der Waals surface area contributed by atoms with Gasteiger partial charge in [-0.25, -0.2) is 9.79 Å². The molecule has 2 fully saturated rings. The smallest absolute Gasteiger partial charge is 0.410 e. The Hall–Kier alpha value is -3.75. The predicted octanol–water partition coefficient (Wildman–Crippen LogP) is 4.01. The van der Waals surface area contributed by atoms with Crippen molar-refractivity contribution in [1.82, 2.24) is 4.90 Å². The molecule has 2 heterocycles. The van der Waals surface area contributed by atoms with Crippen LogP contribution in [-0.4, -0.2) is 47.7 Å². The average Bonchev–Trinajstić information content (AvgIpc) is 2.89. The lowest BCUT2D eigenvalue weighted by atomic mass is 9.87. The number of guanidine groups is 2. The molecule has 1 aliphatic carbocycles. The fourth-order valence-electron chi connectivity index (χ4n) is 5.45. The molecule has 0 unspecified atom stereocenters. The van der Waals surface area contributed by atoms with Gasteiger partial charge in [0.2, 0.25) is 11.9 Å². The number of nitrogens with one attached hydrogen (secondary N) is 1. The standard InChI is InChI=1S/C27H35N7O2/c28-24-31-25(29)34(27(32-24)15-5-2-6-16-27)23-11-9-21(10-12-23)30-22-13-17-33(18-14-22)26(35)36-19-20-7-3-1-4-8-20/h1,3-4,7-12,22,30H,2,5-6,13-19H2,(H4,28,29,31,32). The number of rotatable bonds is 5. The number of piperidine rings is 1. The summed E-state index contributed by atoms with van der Waals surface area (Å²) < 4.78 is 5.48. The van der Waals surface area contributed by atoms with Gasteiger partial charge >= 0.3 is 6.09 Å². The lowest BCUT2D eigenvalue weighted by molar-refractivity contribution is 0.0882. The fraction of sp³-hybridized carbons (Fsp3) is 0.444. The number of amides is 1. The molecule has 0 atom stereocenters. The van der Waals surface area contributed by atoms with E-state index in [4.69, 9.17) is 21.2 Å². The quantitative estimate of drug-likeness (QED) is 0.583. The van der Waals surface area contributed by atoms with Gasteiger partial charge < -0.3 is 26.4 Å². The van der Waals surface area contributed by atoms with Gasteiger partial charge in [-0.2, -0.15) is 4.99 Å². The highest BCUT2D eigenvalue weighted by atomic mass is 16.6. The van der Waals surface area contributed by atoms with Gasteiger partial charge in [-0.3, -0.25) is 4.90 Å². The van der Waals surface area contributed by atoms with Crippen LogP contribution in [-0.2, 0) is 11.3 Å². The molecule has 3 aliphatic rings. The van der Waals surface area contributed by atoms with Crippen LogP contribution < -0.4 is 21.7 Å². The minimum Gasteiger partial charge on any atom is -0.445 e. The average molecular weight is 490 g/mol. The molecule has 5 N–H and O–H groups in total. The Balaban J connectivity index is 1.15. The zero-order valence-corrected chi connectivity index (χ0v) is 20.6. The van der Waals surface area contributed by atoms with Crippen molar-refractivity contribution in [2.45, 2.75) is 63.3 Å². The molecule has 0 aromatic heterocycles. The van der Waals surface area contributed by atoms with Gasteiger partial charge in [-0.05, 0) is 68.4 Å². The second kappa shape index (κ2) is 10.5. The SMILES string of the molecule is NC1=NC2(CCCCC2)N(c2ccc(NC3CCN(C(=O)OCc4ccccc4)CC3)cc2)C(N)=N1. The minimum absolute atomic E-state index is 0.248. The summed E-state index contributed by atoms with van der Waals surface area (Å²) in [5, 5.41) is 3.61. The summed E-state index contributed by atoms with van der Waals surface area (Å²) in [4.78, 5) is 25.3. The maximum atomic E-state index is 12.4. The van der Waals surface area contributed by atoms with Gasteiger partial charge in [0.05, 0.1) is 0 Å². The van der Waals surface area contributed by atoms with Crippen LogP contribution >= 0.6 is 0 Å². The number of nitrogens with two attached hydrogens (primary N) is 2. The maximum absolute atomic E-state index is 12.4. The van der Waals surface area contributed by atoms with E-state index in [1.54, 1.807) is 4.90 Å². The van der Waals surface area contributed by atoms with Crippen LogP contribution in [0.2, 0.25) is 0 Å². The topological polar surface area (TPSA) is 122 Å². The Bertz CT molecular complexity index is 1100. The van der Waals surface area contributed by atoms with E-state index in [2.05, 4.69) is 34.6 Å². The number of anilines is 2. The normalized spacial score (nSPS) is 20.0. The largest absolute Gasteiger partial charge is 0.445 e. The van der Waals surface area contributed by atoms with Crippen molar-refractivity contribution >= 4 is 29.4 Å². The van der Waals surface area contributed by atoms with Crippen LogP contribution in [0.4, 0.5) is 16.2 Å². The number of benzene rings is 2. The predicted molar refractivity (Wildman–Crippen MR) is 143 cm³/mol. The molecule has 2 aromatic rings. The van der Waals surface area contributed by atoms with E-state index in [1.165, 1.54) is 6.42 Å². The highest BCUT2D eigenvalue weighted by molar-refractivity contribution is 6.05. The van der Waals surface area contributed by atoms with Gasteiger partial charge in [0.25, 0.3) is 0 Å². The number of nitrogens with zero attached hydrogens (tertiary/aromatic N) is 4. The summed E-state index contributed by atoms with van der Waals surface area (Å²) in [7, 11) is 0. The first-order valence-electron chi connectivity index (χ1n) is 12.8. The molecule has 9 heteroatoms. The maximum Gasteiger partial charge on any atom is 0.410 e. The summed E-state index contributed by atoms with van der Waals surface area (Å²) >= 11 is 0. The molecule has 0 bridgehead atoms. The lowest BCUT2D eigenvalue weighted by Gasteiger charge is -2.45. The number of carbonyl (C=O) groups excluding carboxylic acids is 1. The summed E-state index contributed by atoms with van der Waals surface area (Å²) in [5.41, 5.74) is 14.9. The van der Waals surface area contributed by atoms with Crippen molar-refractivity contribution in [3.8, 4) is 0 Å². The van der Waals surface area contributed by atoms with Crippen LogP contribution in [0, 0.1) is 0 Å². The third kappa shape index (κ3) is 5.24. The Kier molecular flexibility index (Phi) is 6.97. The number of hydrogen-bond acceptors (Lipinski definition) is 8. The zero-order chi connectivity index (χ0) is 25.0.